The van der Waals surface area contributed by atoms with E-state index < -0.39 is 0 Å². The van der Waals surface area contributed by atoms with Crippen molar-refractivity contribution in [2.24, 2.45) is 5.41 Å². The molecule has 0 aliphatic heterocycles. The van der Waals surface area contributed by atoms with Crippen LogP contribution in [0.1, 0.15) is 41.5 Å². The molecule has 0 aromatic heterocycles. The number of hydrogen-bond acceptors (Lipinski definition) is 2. The summed E-state index contributed by atoms with van der Waals surface area (Å²) < 4.78 is 0. The van der Waals surface area contributed by atoms with E-state index in [1.165, 1.54) is 0 Å². The number of hydrogen-bond donors (Lipinski definition) is 2. The largest absolute Gasteiger partial charge is 0.373 e. The molecule has 1 rings (SSSR count). The van der Waals surface area contributed by atoms with Crippen LogP contribution in [0.15, 0.2) is 30.3 Å². The van der Waals surface area contributed by atoms with Gasteiger partial charge in [0, 0.05) is 11.2 Å². The van der Waals surface area contributed by atoms with Crippen molar-refractivity contribution >= 4 is 11.6 Å². The van der Waals surface area contributed by atoms with Gasteiger partial charge in [-0.3, -0.25) is 4.79 Å². The van der Waals surface area contributed by atoms with Gasteiger partial charge in [0.05, 0.1) is 0 Å². The summed E-state index contributed by atoms with van der Waals surface area (Å²) in [6.07, 6.45) is 0. The average Bonchev–Trinajstić information content (AvgIpc) is 2.23. The highest BCUT2D eigenvalue weighted by Gasteiger charge is 2.32. The zero-order chi connectivity index (χ0) is 14.7. The molecule has 1 atom stereocenters. The van der Waals surface area contributed by atoms with E-state index in [2.05, 4.69) is 31.4 Å². The average molecular weight is 262 g/mol. The van der Waals surface area contributed by atoms with E-state index in [9.17, 15) is 4.79 Å². The molecule has 3 nitrogen and oxygen atoms in total. The molecule has 0 heterocycles. The molecule has 1 amide bonds. The standard InChI is InChI=1S/C16H26N2O/c1-15(2,3)13(14(19)18-16(4,5)6)17-12-10-8-7-9-11-12/h7-11,13,17H,1-6H3,(H,18,19). The highest BCUT2D eigenvalue weighted by atomic mass is 16.2. The van der Waals surface area contributed by atoms with Gasteiger partial charge < -0.3 is 10.6 Å². The fraction of sp³-hybridized carbons (Fsp3) is 0.562. The Labute approximate surface area is 116 Å². The lowest BCUT2D eigenvalue weighted by Gasteiger charge is -2.33. The van der Waals surface area contributed by atoms with Crippen LogP contribution in [0.3, 0.4) is 0 Å². The molecule has 1 aromatic rings. The third-order valence-electron chi connectivity index (χ3n) is 2.71. The van der Waals surface area contributed by atoms with Crippen LogP contribution in [0, 0.1) is 5.41 Å². The molecule has 3 heteroatoms. The molecule has 0 spiro atoms. The first-order valence-corrected chi connectivity index (χ1v) is 6.73. The van der Waals surface area contributed by atoms with Crippen LogP contribution in [0.5, 0.6) is 0 Å². The van der Waals surface area contributed by atoms with Gasteiger partial charge in [0.15, 0.2) is 0 Å². The summed E-state index contributed by atoms with van der Waals surface area (Å²) in [5.74, 6) is 0.0313. The van der Waals surface area contributed by atoms with Crippen molar-refractivity contribution in [3.8, 4) is 0 Å². The second-order valence-corrected chi connectivity index (χ2v) is 7.05. The Bertz CT molecular complexity index is 413. The first-order valence-electron chi connectivity index (χ1n) is 6.73. The van der Waals surface area contributed by atoms with Gasteiger partial charge in [-0.15, -0.1) is 0 Å². The summed E-state index contributed by atoms with van der Waals surface area (Å²) in [6, 6.07) is 9.57. The van der Waals surface area contributed by atoms with Crippen LogP contribution in [0.25, 0.3) is 0 Å². The molecule has 0 saturated heterocycles. The van der Waals surface area contributed by atoms with Crippen LogP contribution in [0.2, 0.25) is 0 Å². The van der Waals surface area contributed by atoms with Crippen LogP contribution >= 0.6 is 0 Å². The van der Waals surface area contributed by atoms with Gasteiger partial charge in [-0.2, -0.15) is 0 Å². The van der Waals surface area contributed by atoms with Crippen molar-refractivity contribution in [3.63, 3.8) is 0 Å². The molecule has 1 unspecified atom stereocenters. The fourth-order valence-corrected chi connectivity index (χ4v) is 1.82. The Kier molecular flexibility index (Phi) is 4.61. The third kappa shape index (κ3) is 5.33. The summed E-state index contributed by atoms with van der Waals surface area (Å²) in [5.41, 5.74) is 0.580. The zero-order valence-corrected chi connectivity index (χ0v) is 12.9. The van der Waals surface area contributed by atoms with Gasteiger partial charge in [0.1, 0.15) is 6.04 Å². The summed E-state index contributed by atoms with van der Waals surface area (Å²) in [6.45, 7) is 12.2. The Morgan fingerprint density at radius 3 is 1.95 bits per heavy atom. The van der Waals surface area contributed by atoms with Gasteiger partial charge in [-0.1, -0.05) is 39.0 Å². The Balaban J connectivity index is 2.88. The molecule has 0 radical (unpaired) electrons. The van der Waals surface area contributed by atoms with Gasteiger partial charge >= 0.3 is 0 Å². The zero-order valence-electron chi connectivity index (χ0n) is 12.9. The van der Waals surface area contributed by atoms with Gasteiger partial charge in [0.2, 0.25) is 5.91 Å². The lowest BCUT2D eigenvalue weighted by molar-refractivity contribution is -0.125. The van der Waals surface area contributed by atoms with Crippen LogP contribution in [-0.2, 0) is 4.79 Å². The Morgan fingerprint density at radius 1 is 1.00 bits per heavy atom. The van der Waals surface area contributed by atoms with E-state index in [1.54, 1.807) is 0 Å². The lowest BCUT2D eigenvalue weighted by Crippen LogP contribution is -2.52. The predicted molar refractivity (Wildman–Crippen MR) is 81.2 cm³/mol. The molecule has 2 N–H and O–H groups in total. The molecule has 0 saturated carbocycles. The maximum Gasteiger partial charge on any atom is 0.243 e. The topological polar surface area (TPSA) is 41.1 Å². The highest BCUT2D eigenvalue weighted by molar-refractivity contribution is 5.86. The van der Waals surface area contributed by atoms with Gasteiger partial charge in [-0.25, -0.2) is 0 Å². The number of para-hydroxylation sites is 1. The predicted octanol–water partition coefficient (Wildman–Crippen LogP) is 3.43. The van der Waals surface area contributed by atoms with Crippen molar-refractivity contribution in [1.82, 2.24) is 5.32 Å². The Morgan fingerprint density at radius 2 is 1.53 bits per heavy atom. The molecule has 1 aromatic carbocycles. The van der Waals surface area contributed by atoms with E-state index >= 15 is 0 Å². The maximum absolute atomic E-state index is 12.4. The minimum Gasteiger partial charge on any atom is -0.373 e. The summed E-state index contributed by atoms with van der Waals surface area (Å²) in [4.78, 5) is 12.4. The summed E-state index contributed by atoms with van der Waals surface area (Å²) in [5, 5.41) is 6.37. The second-order valence-electron chi connectivity index (χ2n) is 7.05. The van der Waals surface area contributed by atoms with Gasteiger partial charge in [0.25, 0.3) is 0 Å². The molecular formula is C16H26N2O. The van der Waals surface area contributed by atoms with E-state index in [1.807, 2.05) is 51.1 Å². The first-order chi connectivity index (χ1) is 8.59. The van der Waals surface area contributed by atoms with Crippen LogP contribution in [0.4, 0.5) is 5.69 Å². The van der Waals surface area contributed by atoms with E-state index in [0.717, 1.165) is 5.69 Å². The normalized spacial score (nSPS) is 13.8. The summed E-state index contributed by atoms with van der Waals surface area (Å²) >= 11 is 0. The summed E-state index contributed by atoms with van der Waals surface area (Å²) in [7, 11) is 0. The van der Waals surface area contributed by atoms with Crippen molar-refractivity contribution < 1.29 is 4.79 Å². The van der Waals surface area contributed by atoms with Gasteiger partial charge in [-0.05, 0) is 38.3 Å². The third-order valence-corrected chi connectivity index (χ3v) is 2.71. The number of carbonyl (C=O) groups is 1. The van der Waals surface area contributed by atoms with Crippen molar-refractivity contribution in [2.75, 3.05) is 5.32 Å². The van der Waals surface area contributed by atoms with E-state index in [4.69, 9.17) is 0 Å². The van der Waals surface area contributed by atoms with Crippen molar-refractivity contribution in [2.45, 2.75) is 53.1 Å². The number of amides is 1. The minimum absolute atomic E-state index is 0.0313. The van der Waals surface area contributed by atoms with Crippen LogP contribution in [-0.4, -0.2) is 17.5 Å². The maximum atomic E-state index is 12.4. The van der Waals surface area contributed by atoms with E-state index in [-0.39, 0.29) is 22.9 Å². The highest BCUT2D eigenvalue weighted by Crippen LogP contribution is 2.24. The second kappa shape index (κ2) is 5.64. The smallest absolute Gasteiger partial charge is 0.243 e. The number of anilines is 1. The molecule has 19 heavy (non-hydrogen) atoms. The minimum atomic E-state index is -0.269. The monoisotopic (exact) mass is 262 g/mol. The SMILES string of the molecule is CC(C)(C)NC(=O)C(Nc1ccccc1)C(C)(C)C. The fourth-order valence-electron chi connectivity index (χ4n) is 1.82. The quantitative estimate of drug-likeness (QED) is 0.876. The number of carbonyl (C=O) groups excluding carboxylic acids is 1. The number of nitrogens with one attached hydrogen (secondary N) is 2. The molecule has 0 aliphatic carbocycles. The lowest BCUT2D eigenvalue weighted by atomic mass is 9.85. The number of benzene rings is 1. The first kappa shape index (κ1) is 15.5. The van der Waals surface area contributed by atoms with E-state index in [0.29, 0.717) is 0 Å². The molecular weight excluding hydrogens is 236 g/mol. The van der Waals surface area contributed by atoms with Crippen molar-refractivity contribution in [1.29, 1.82) is 0 Å². The number of rotatable bonds is 3. The molecule has 106 valence electrons. The van der Waals surface area contributed by atoms with Crippen molar-refractivity contribution in [3.05, 3.63) is 30.3 Å². The van der Waals surface area contributed by atoms with Crippen LogP contribution < -0.4 is 10.6 Å². The molecule has 0 fully saturated rings. The Hall–Kier alpha value is -1.51. The molecule has 0 aliphatic rings. The molecule has 0 bridgehead atoms.